The number of para-hydroxylation sites is 2. The van der Waals surface area contributed by atoms with Crippen molar-refractivity contribution in [3.8, 4) is 11.5 Å². The number of amides is 2. The standard InChI is InChI=1S/C25H32N2O4/c1-19(2)16-25(29)27-14-12-21(13-15-27)26-24(28)18-31-23-11-7-6-10-22(23)30-17-20-8-4-3-5-9-20/h3-11,19,21H,12-18H2,1-2H3,(H,26,28). The molecule has 0 bridgehead atoms. The number of carbonyl (C=O) groups excluding carboxylic acids is 2. The van der Waals surface area contributed by atoms with Gasteiger partial charge in [0.1, 0.15) is 6.61 Å². The van der Waals surface area contributed by atoms with Crippen molar-refractivity contribution in [2.45, 2.75) is 45.8 Å². The van der Waals surface area contributed by atoms with Gasteiger partial charge in [-0.2, -0.15) is 0 Å². The van der Waals surface area contributed by atoms with Gasteiger partial charge in [0.05, 0.1) is 0 Å². The molecule has 1 fully saturated rings. The topological polar surface area (TPSA) is 67.9 Å². The minimum absolute atomic E-state index is 0.0712. The summed E-state index contributed by atoms with van der Waals surface area (Å²) in [6, 6.07) is 17.3. The van der Waals surface area contributed by atoms with E-state index in [1.165, 1.54) is 0 Å². The zero-order valence-corrected chi connectivity index (χ0v) is 18.4. The summed E-state index contributed by atoms with van der Waals surface area (Å²) in [5.74, 6) is 1.56. The average Bonchev–Trinajstić information content (AvgIpc) is 2.77. The Labute approximate surface area is 184 Å². The Hall–Kier alpha value is -3.02. The number of nitrogens with zero attached hydrogens (tertiary/aromatic N) is 1. The molecule has 166 valence electrons. The van der Waals surface area contributed by atoms with Crippen LogP contribution in [0.2, 0.25) is 0 Å². The molecule has 31 heavy (non-hydrogen) atoms. The van der Waals surface area contributed by atoms with Gasteiger partial charge in [-0.25, -0.2) is 0 Å². The van der Waals surface area contributed by atoms with Crippen LogP contribution in [-0.4, -0.2) is 42.5 Å². The van der Waals surface area contributed by atoms with Gasteiger partial charge < -0.3 is 19.7 Å². The van der Waals surface area contributed by atoms with Crippen molar-refractivity contribution < 1.29 is 19.1 Å². The molecule has 0 unspecified atom stereocenters. The molecular formula is C25H32N2O4. The van der Waals surface area contributed by atoms with Crippen LogP contribution in [-0.2, 0) is 16.2 Å². The third-order valence-corrected chi connectivity index (χ3v) is 5.24. The third kappa shape index (κ3) is 7.31. The highest BCUT2D eigenvalue weighted by molar-refractivity contribution is 5.78. The first-order valence-corrected chi connectivity index (χ1v) is 11.0. The van der Waals surface area contributed by atoms with Crippen molar-refractivity contribution >= 4 is 11.8 Å². The van der Waals surface area contributed by atoms with Crippen LogP contribution in [0.1, 0.15) is 38.7 Å². The smallest absolute Gasteiger partial charge is 0.258 e. The number of hydrogen-bond donors (Lipinski definition) is 1. The maximum atomic E-state index is 12.4. The Kier molecular flexibility index (Phi) is 8.33. The zero-order chi connectivity index (χ0) is 22.1. The van der Waals surface area contributed by atoms with E-state index in [0.717, 1.165) is 18.4 Å². The first-order chi connectivity index (χ1) is 15.0. The van der Waals surface area contributed by atoms with Crippen LogP contribution in [0.15, 0.2) is 54.6 Å². The lowest BCUT2D eigenvalue weighted by Gasteiger charge is -2.32. The molecule has 2 amide bonds. The van der Waals surface area contributed by atoms with Crippen LogP contribution < -0.4 is 14.8 Å². The zero-order valence-electron chi connectivity index (χ0n) is 18.4. The van der Waals surface area contributed by atoms with Gasteiger partial charge in [-0.15, -0.1) is 0 Å². The van der Waals surface area contributed by atoms with Gasteiger partial charge in [0, 0.05) is 25.6 Å². The van der Waals surface area contributed by atoms with E-state index >= 15 is 0 Å². The molecule has 1 aliphatic heterocycles. The predicted octanol–water partition coefficient (Wildman–Crippen LogP) is 3.80. The van der Waals surface area contributed by atoms with Crippen molar-refractivity contribution in [3.63, 3.8) is 0 Å². The number of ether oxygens (including phenoxy) is 2. The van der Waals surface area contributed by atoms with E-state index in [4.69, 9.17) is 9.47 Å². The molecule has 2 aromatic rings. The predicted molar refractivity (Wildman–Crippen MR) is 120 cm³/mol. The van der Waals surface area contributed by atoms with E-state index in [1.54, 1.807) is 6.07 Å². The van der Waals surface area contributed by atoms with Gasteiger partial charge in [-0.05, 0) is 36.5 Å². The van der Waals surface area contributed by atoms with Crippen molar-refractivity contribution in [2.75, 3.05) is 19.7 Å². The minimum Gasteiger partial charge on any atom is -0.485 e. The molecule has 0 atom stereocenters. The highest BCUT2D eigenvalue weighted by atomic mass is 16.5. The summed E-state index contributed by atoms with van der Waals surface area (Å²) in [6.45, 7) is 5.84. The SMILES string of the molecule is CC(C)CC(=O)N1CCC(NC(=O)COc2ccccc2OCc2ccccc2)CC1. The van der Waals surface area contributed by atoms with Crippen molar-refractivity contribution in [3.05, 3.63) is 60.2 Å². The van der Waals surface area contributed by atoms with Crippen LogP contribution >= 0.6 is 0 Å². The van der Waals surface area contributed by atoms with Gasteiger partial charge in [0.2, 0.25) is 5.91 Å². The number of benzene rings is 2. The molecule has 1 N–H and O–H groups in total. The van der Waals surface area contributed by atoms with Gasteiger partial charge in [0.15, 0.2) is 18.1 Å². The second kappa shape index (κ2) is 11.4. The van der Waals surface area contributed by atoms with E-state index in [1.807, 2.05) is 53.4 Å². The summed E-state index contributed by atoms with van der Waals surface area (Å²) in [4.78, 5) is 26.5. The van der Waals surface area contributed by atoms with Crippen LogP contribution in [0, 0.1) is 5.92 Å². The molecule has 0 saturated carbocycles. The minimum atomic E-state index is -0.162. The Bertz CT molecular complexity index is 846. The lowest BCUT2D eigenvalue weighted by Crippen LogP contribution is -2.47. The molecule has 6 nitrogen and oxygen atoms in total. The second-order valence-electron chi connectivity index (χ2n) is 8.33. The largest absolute Gasteiger partial charge is 0.485 e. The molecule has 0 spiro atoms. The number of likely N-dealkylation sites (tertiary alicyclic amines) is 1. The monoisotopic (exact) mass is 424 g/mol. The highest BCUT2D eigenvalue weighted by Gasteiger charge is 2.24. The number of piperidine rings is 1. The van der Waals surface area contributed by atoms with E-state index < -0.39 is 0 Å². The lowest BCUT2D eigenvalue weighted by atomic mass is 10.0. The summed E-state index contributed by atoms with van der Waals surface area (Å²) in [6.07, 6.45) is 2.12. The van der Waals surface area contributed by atoms with Gasteiger partial charge in [-0.3, -0.25) is 9.59 Å². The summed E-state index contributed by atoms with van der Waals surface area (Å²) < 4.78 is 11.6. The van der Waals surface area contributed by atoms with Crippen LogP contribution in [0.25, 0.3) is 0 Å². The first-order valence-electron chi connectivity index (χ1n) is 11.0. The Balaban J connectivity index is 1.42. The summed E-state index contributed by atoms with van der Waals surface area (Å²) in [7, 11) is 0. The Morgan fingerprint density at radius 3 is 2.23 bits per heavy atom. The highest BCUT2D eigenvalue weighted by Crippen LogP contribution is 2.27. The molecular weight excluding hydrogens is 392 g/mol. The molecule has 1 heterocycles. The van der Waals surface area contributed by atoms with Crippen molar-refractivity contribution in [1.29, 1.82) is 0 Å². The molecule has 1 saturated heterocycles. The summed E-state index contributed by atoms with van der Waals surface area (Å²) in [5, 5.41) is 3.02. The Morgan fingerprint density at radius 1 is 0.968 bits per heavy atom. The maximum absolute atomic E-state index is 12.4. The third-order valence-electron chi connectivity index (χ3n) is 5.24. The molecule has 0 aliphatic carbocycles. The summed E-state index contributed by atoms with van der Waals surface area (Å²) in [5.41, 5.74) is 1.06. The number of nitrogens with one attached hydrogen (secondary N) is 1. The quantitative estimate of drug-likeness (QED) is 0.665. The Morgan fingerprint density at radius 2 is 1.58 bits per heavy atom. The fourth-order valence-electron chi connectivity index (χ4n) is 3.59. The second-order valence-corrected chi connectivity index (χ2v) is 8.33. The molecule has 2 aromatic carbocycles. The van der Waals surface area contributed by atoms with Gasteiger partial charge in [-0.1, -0.05) is 56.3 Å². The van der Waals surface area contributed by atoms with Gasteiger partial charge in [0.25, 0.3) is 5.91 Å². The first kappa shape index (κ1) is 22.7. The fourth-order valence-corrected chi connectivity index (χ4v) is 3.59. The molecule has 0 aromatic heterocycles. The van der Waals surface area contributed by atoms with Crippen molar-refractivity contribution in [1.82, 2.24) is 10.2 Å². The number of rotatable bonds is 9. The fraction of sp³-hybridized carbons (Fsp3) is 0.440. The normalized spacial score (nSPS) is 14.4. The maximum Gasteiger partial charge on any atom is 0.258 e. The van der Waals surface area contributed by atoms with E-state index in [0.29, 0.717) is 43.5 Å². The molecule has 1 aliphatic rings. The van der Waals surface area contributed by atoms with Crippen LogP contribution in [0.4, 0.5) is 0 Å². The number of carbonyl (C=O) groups is 2. The molecule has 3 rings (SSSR count). The average molecular weight is 425 g/mol. The van der Waals surface area contributed by atoms with Crippen molar-refractivity contribution in [2.24, 2.45) is 5.92 Å². The van der Waals surface area contributed by atoms with E-state index in [2.05, 4.69) is 19.2 Å². The molecule has 0 radical (unpaired) electrons. The molecule has 6 heteroatoms. The van der Waals surface area contributed by atoms with Crippen LogP contribution in [0.3, 0.4) is 0 Å². The summed E-state index contributed by atoms with van der Waals surface area (Å²) >= 11 is 0. The van der Waals surface area contributed by atoms with Crippen LogP contribution in [0.5, 0.6) is 11.5 Å². The lowest BCUT2D eigenvalue weighted by molar-refractivity contribution is -0.133. The van der Waals surface area contributed by atoms with E-state index in [-0.39, 0.29) is 24.5 Å². The number of hydrogen-bond acceptors (Lipinski definition) is 4. The van der Waals surface area contributed by atoms with Gasteiger partial charge >= 0.3 is 0 Å². The van der Waals surface area contributed by atoms with E-state index in [9.17, 15) is 9.59 Å².